The number of hydrogen-bond acceptors (Lipinski definition) is 6. The molecule has 24 heavy (non-hydrogen) atoms. The van der Waals surface area contributed by atoms with Gasteiger partial charge in [-0.1, -0.05) is 0 Å². The van der Waals surface area contributed by atoms with Gasteiger partial charge in [0.15, 0.2) is 14.9 Å². The molecule has 1 atom stereocenters. The van der Waals surface area contributed by atoms with Crippen LogP contribution in [-0.4, -0.2) is 53.8 Å². The van der Waals surface area contributed by atoms with E-state index in [1.165, 1.54) is 12.3 Å². The number of carbonyl (C=O) groups excluding carboxylic acids is 1. The summed E-state index contributed by atoms with van der Waals surface area (Å²) >= 11 is 5.66. The first-order valence-corrected chi connectivity index (χ1v) is 9.79. The molecule has 7 nitrogen and oxygen atoms in total. The van der Waals surface area contributed by atoms with E-state index >= 15 is 0 Å². The van der Waals surface area contributed by atoms with E-state index in [-0.39, 0.29) is 22.0 Å². The van der Waals surface area contributed by atoms with Crippen LogP contribution in [0, 0.1) is 5.92 Å². The number of likely N-dealkylation sites (tertiary alicyclic amines) is 1. The lowest BCUT2D eigenvalue weighted by atomic mass is 10.0. The zero-order valence-electron chi connectivity index (χ0n) is 14.0. The molecule has 1 aliphatic rings. The molecule has 1 aromatic heterocycles. The lowest BCUT2D eigenvalue weighted by Crippen LogP contribution is -2.44. The molecule has 0 unspecified atom stereocenters. The third-order valence-corrected chi connectivity index (χ3v) is 5.50. The summed E-state index contributed by atoms with van der Waals surface area (Å²) in [6.07, 6.45) is 2.38. The Morgan fingerprint density at radius 2 is 2.17 bits per heavy atom. The van der Waals surface area contributed by atoms with Gasteiger partial charge in [0.2, 0.25) is 5.28 Å². The maximum Gasteiger partial charge on any atom is 0.410 e. The van der Waals surface area contributed by atoms with Crippen LogP contribution in [0.3, 0.4) is 0 Å². The van der Waals surface area contributed by atoms with E-state index in [0.29, 0.717) is 13.1 Å². The van der Waals surface area contributed by atoms with Gasteiger partial charge in [0.1, 0.15) is 5.60 Å². The van der Waals surface area contributed by atoms with Gasteiger partial charge < -0.3 is 9.64 Å². The zero-order valence-corrected chi connectivity index (χ0v) is 15.6. The van der Waals surface area contributed by atoms with Crippen LogP contribution in [0.5, 0.6) is 0 Å². The number of sulfone groups is 1. The van der Waals surface area contributed by atoms with Crippen LogP contribution in [0.2, 0.25) is 5.28 Å². The molecule has 0 saturated carbocycles. The highest BCUT2D eigenvalue weighted by Gasteiger charge is 2.31. The Morgan fingerprint density at radius 3 is 2.79 bits per heavy atom. The number of ether oxygens (including phenoxy) is 1. The Labute approximate surface area is 147 Å². The summed E-state index contributed by atoms with van der Waals surface area (Å²) in [7, 11) is -3.58. The third kappa shape index (κ3) is 5.31. The fraction of sp³-hybridized carbons (Fsp3) is 0.667. The number of amides is 1. The fourth-order valence-corrected chi connectivity index (χ4v) is 4.34. The van der Waals surface area contributed by atoms with Gasteiger partial charge in [-0.05, 0) is 57.2 Å². The van der Waals surface area contributed by atoms with Crippen molar-refractivity contribution < 1.29 is 17.9 Å². The Morgan fingerprint density at radius 1 is 1.46 bits per heavy atom. The predicted octanol–water partition coefficient (Wildman–Crippen LogP) is 2.55. The number of rotatable bonds is 3. The summed E-state index contributed by atoms with van der Waals surface area (Å²) in [5, 5.41) is -0.188. The summed E-state index contributed by atoms with van der Waals surface area (Å²) in [4.78, 5) is 21.2. The first kappa shape index (κ1) is 18.9. The summed E-state index contributed by atoms with van der Waals surface area (Å²) in [6.45, 7) is 6.33. The first-order chi connectivity index (χ1) is 11.1. The van der Waals surface area contributed by atoms with Crippen molar-refractivity contribution in [2.45, 2.75) is 44.2 Å². The number of aromatic nitrogens is 2. The van der Waals surface area contributed by atoms with E-state index in [1.54, 1.807) is 25.7 Å². The van der Waals surface area contributed by atoms with E-state index in [1.807, 2.05) is 0 Å². The molecule has 2 heterocycles. The van der Waals surface area contributed by atoms with E-state index in [0.717, 1.165) is 12.8 Å². The van der Waals surface area contributed by atoms with Gasteiger partial charge in [-0.2, -0.15) is 0 Å². The van der Waals surface area contributed by atoms with Gasteiger partial charge in [-0.25, -0.2) is 23.2 Å². The Bertz CT molecular complexity index is 703. The molecule has 0 N–H and O–H groups in total. The number of halogens is 1. The molecule has 134 valence electrons. The minimum absolute atomic E-state index is 0.0837. The molecule has 9 heteroatoms. The topological polar surface area (TPSA) is 89.5 Å². The van der Waals surface area contributed by atoms with Gasteiger partial charge in [-0.3, -0.25) is 0 Å². The van der Waals surface area contributed by atoms with Crippen molar-refractivity contribution in [1.29, 1.82) is 0 Å². The van der Waals surface area contributed by atoms with Crippen LogP contribution in [0.25, 0.3) is 0 Å². The second-order valence-corrected chi connectivity index (χ2v) is 9.20. The third-order valence-electron chi connectivity index (χ3n) is 3.55. The molecular weight excluding hydrogens is 354 g/mol. The Hall–Kier alpha value is -1.41. The monoisotopic (exact) mass is 375 g/mol. The van der Waals surface area contributed by atoms with Gasteiger partial charge in [0.05, 0.1) is 5.75 Å². The van der Waals surface area contributed by atoms with Gasteiger partial charge in [0, 0.05) is 19.3 Å². The van der Waals surface area contributed by atoms with Crippen LogP contribution in [0.1, 0.15) is 33.6 Å². The fourth-order valence-electron chi connectivity index (χ4n) is 2.58. The molecule has 1 amide bonds. The van der Waals surface area contributed by atoms with Crippen molar-refractivity contribution in [2.24, 2.45) is 5.92 Å². The largest absolute Gasteiger partial charge is 0.444 e. The molecule has 0 aliphatic carbocycles. The maximum atomic E-state index is 12.5. The van der Waals surface area contributed by atoms with Crippen LogP contribution in [-0.2, 0) is 14.6 Å². The summed E-state index contributed by atoms with van der Waals surface area (Å²) in [5.41, 5.74) is -0.576. The van der Waals surface area contributed by atoms with Gasteiger partial charge in [0.25, 0.3) is 0 Å². The lowest BCUT2D eigenvalue weighted by molar-refractivity contribution is 0.0176. The number of piperidine rings is 1. The summed E-state index contributed by atoms with van der Waals surface area (Å²) in [6, 6.07) is 1.33. The quantitative estimate of drug-likeness (QED) is 0.595. The van der Waals surface area contributed by atoms with E-state index in [4.69, 9.17) is 16.3 Å². The zero-order chi connectivity index (χ0) is 18.0. The van der Waals surface area contributed by atoms with Crippen LogP contribution in [0.4, 0.5) is 4.79 Å². The Balaban J connectivity index is 2.03. The average Bonchev–Trinajstić information content (AvgIpc) is 2.45. The molecule has 1 aromatic rings. The van der Waals surface area contributed by atoms with Crippen molar-refractivity contribution in [1.82, 2.24) is 14.9 Å². The van der Waals surface area contributed by atoms with E-state index < -0.39 is 21.5 Å². The molecule has 1 aliphatic heterocycles. The molecule has 1 saturated heterocycles. The molecular formula is C15H22ClN3O4S. The Kier molecular flexibility index (Phi) is 5.70. The minimum atomic E-state index is -3.58. The highest BCUT2D eigenvalue weighted by Crippen LogP contribution is 2.23. The van der Waals surface area contributed by atoms with Crippen LogP contribution >= 0.6 is 11.6 Å². The second kappa shape index (κ2) is 7.23. The molecule has 0 aromatic carbocycles. The smallest absolute Gasteiger partial charge is 0.410 e. The summed E-state index contributed by atoms with van der Waals surface area (Å²) < 4.78 is 30.3. The normalized spacial score (nSPS) is 19.2. The van der Waals surface area contributed by atoms with Gasteiger partial charge in [-0.15, -0.1) is 0 Å². The van der Waals surface area contributed by atoms with Gasteiger partial charge >= 0.3 is 6.09 Å². The predicted molar refractivity (Wildman–Crippen MR) is 89.6 cm³/mol. The number of hydrogen-bond donors (Lipinski definition) is 0. The summed E-state index contributed by atoms with van der Waals surface area (Å²) in [5.74, 6) is -0.246. The molecule has 0 radical (unpaired) electrons. The highest BCUT2D eigenvalue weighted by atomic mass is 35.5. The van der Waals surface area contributed by atoms with E-state index in [2.05, 4.69) is 9.97 Å². The average molecular weight is 376 g/mol. The van der Waals surface area contributed by atoms with Crippen molar-refractivity contribution in [3.05, 3.63) is 17.5 Å². The highest BCUT2D eigenvalue weighted by molar-refractivity contribution is 7.91. The van der Waals surface area contributed by atoms with E-state index in [9.17, 15) is 13.2 Å². The molecule has 0 bridgehead atoms. The molecule has 0 spiro atoms. The standard InChI is InChI=1S/C15H22ClN3O4S/c1-15(2,3)23-14(20)19-8-4-5-11(9-19)10-24(21,22)12-6-7-17-13(16)18-12/h6-7,11H,4-5,8-10H2,1-3H3/t11-/m1/s1. The SMILES string of the molecule is CC(C)(C)OC(=O)N1CCC[C@@H](CS(=O)(=O)c2ccnc(Cl)n2)C1. The first-order valence-electron chi connectivity index (χ1n) is 7.76. The number of carbonyl (C=O) groups is 1. The van der Waals surface area contributed by atoms with Crippen molar-refractivity contribution in [2.75, 3.05) is 18.8 Å². The van der Waals surface area contributed by atoms with Crippen molar-refractivity contribution >= 4 is 27.5 Å². The number of nitrogens with zero attached hydrogens (tertiary/aromatic N) is 3. The molecule has 2 rings (SSSR count). The van der Waals surface area contributed by atoms with Crippen molar-refractivity contribution in [3.8, 4) is 0 Å². The minimum Gasteiger partial charge on any atom is -0.444 e. The van der Waals surface area contributed by atoms with Crippen LogP contribution in [0.15, 0.2) is 17.3 Å². The molecule has 1 fully saturated rings. The van der Waals surface area contributed by atoms with Crippen molar-refractivity contribution in [3.63, 3.8) is 0 Å². The second-order valence-electron chi connectivity index (χ2n) is 6.88. The van der Waals surface area contributed by atoms with Crippen LogP contribution < -0.4 is 0 Å². The maximum absolute atomic E-state index is 12.5. The lowest BCUT2D eigenvalue weighted by Gasteiger charge is -2.33.